The van der Waals surface area contributed by atoms with Gasteiger partial charge in [0.1, 0.15) is 10.8 Å². The van der Waals surface area contributed by atoms with Gasteiger partial charge in [-0.05, 0) is 18.1 Å². The van der Waals surface area contributed by atoms with E-state index in [0.717, 1.165) is 17.7 Å². The molecule has 0 saturated carbocycles. The minimum Gasteiger partial charge on any atom is -0.480 e. The Morgan fingerprint density at radius 1 is 1.21 bits per heavy atom. The summed E-state index contributed by atoms with van der Waals surface area (Å²) >= 11 is 12.0. The van der Waals surface area contributed by atoms with E-state index in [0.29, 0.717) is 12.0 Å². The lowest BCUT2D eigenvalue weighted by atomic mass is 10.1. The minimum atomic E-state index is -4.21. The van der Waals surface area contributed by atoms with Crippen LogP contribution in [-0.4, -0.2) is 23.5 Å². The summed E-state index contributed by atoms with van der Waals surface area (Å²) in [5, 5.41) is 8.78. The molecule has 28 heavy (non-hydrogen) atoms. The fourth-order valence-corrected chi connectivity index (χ4v) is 3.13. The van der Waals surface area contributed by atoms with Crippen molar-refractivity contribution in [1.29, 1.82) is 0 Å². The molecule has 0 radical (unpaired) electrons. The molecule has 1 N–H and O–H groups in total. The van der Waals surface area contributed by atoms with Crippen LogP contribution in [0.25, 0.3) is 0 Å². The molecule has 2 aromatic carbocycles. The summed E-state index contributed by atoms with van der Waals surface area (Å²) in [4.78, 5) is 22.3. The Bertz CT molecular complexity index is 883. The molecule has 3 rings (SSSR count). The van der Waals surface area contributed by atoms with Crippen molar-refractivity contribution in [3.05, 3.63) is 63.1 Å². The fourth-order valence-electron chi connectivity index (χ4n) is 2.62. The lowest BCUT2D eigenvalue weighted by Gasteiger charge is -2.10. The molecule has 1 aliphatic carbocycles. The summed E-state index contributed by atoms with van der Waals surface area (Å²) in [6.45, 7) is 1.31. The number of ketones is 1. The van der Waals surface area contributed by atoms with Gasteiger partial charge in [0.05, 0.1) is 10.6 Å². The highest BCUT2D eigenvalue weighted by Crippen LogP contribution is 2.42. The van der Waals surface area contributed by atoms with Crippen LogP contribution in [0.15, 0.2) is 36.4 Å². The highest BCUT2D eigenvalue weighted by atomic mass is 35.5. The van der Waals surface area contributed by atoms with Crippen LogP contribution in [0.2, 0.25) is 10.0 Å². The van der Waals surface area contributed by atoms with Crippen LogP contribution in [0.4, 0.5) is 13.2 Å². The summed E-state index contributed by atoms with van der Waals surface area (Å²) in [5.74, 6) is -1.08. The molecule has 1 aliphatic rings. The summed E-state index contributed by atoms with van der Waals surface area (Å²) < 4.78 is 40.4. The van der Waals surface area contributed by atoms with E-state index >= 15 is 0 Å². The number of halogens is 5. The fraction of sp³-hybridized carbons (Fsp3) is 0.263. The maximum Gasteiger partial charge on any atom is 0.416 e. The third kappa shape index (κ3) is 5.17. The van der Waals surface area contributed by atoms with E-state index in [1.54, 1.807) is 12.1 Å². The normalized spacial score (nSPS) is 15.5. The molecule has 0 spiro atoms. The Balaban J connectivity index is 0.000000237. The first kappa shape index (κ1) is 22.0. The molecule has 0 fully saturated rings. The topological polar surface area (TPSA) is 63.6 Å². The van der Waals surface area contributed by atoms with Crippen molar-refractivity contribution in [2.24, 2.45) is 5.92 Å². The Kier molecular flexibility index (Phi) is 6.96. The molecular weight excluding hydrogens is 420 g/mol. The SMILES string of the molecule is CC1Cc2cc(OCC(=O)O)c(Cl)c(Cl)c2C1=O.FC(F)(F)c1ccccc1. The number of Topliss-reactive ketones (excluding diaryl/α,β-unsaturated/α-hetero) is 1. The zero-order valence-electron chi connectivity index (χ0n) is 14.5. The van der Waals surface area contributed by atoms with Crippen molar-refractivity contribution in [2.45, 2.75) is 19.5 Å². The third-order valence-electron chi connectivity index (χ3n) is 3.93. The first-order valence-electron chi connectivity index (χ1n) is 8.04. The van der Waals surface area contributed by atoms with Crippen LogP contribution in [0.5, 0.6) is 5.75 Å². The van der Waals surface area contributed by atoms with Gasteiger partial charge in [-0.25, -0.2) is 4.79 Å². The predicted octanol–water partition coefficient (Wildman–Crippen LogP) is 5.54. The Hall–Kier alpha value is -2.25. The number of rotatable bonds is 3. The third-order valence-corrected chi connectivity index (χ3v) is 4.78. The number of hydrogen-bond acceptors (Lipinski definition) is 3. The van der Waals surface area contributed by atoms with Gasteiger partial charge in [-0.1, -0.05) is 60.5 Å². The van der Waals surface area contributed by atoms with E-state index < -0.39 is 24.3 Å². The van der Waals surface area contributed by atoms with Crippen molar-refractivity contribution in [3.8, 4) is 5.75 Å². The first-order valence-corrected chi connectivity index (χ1v) is 8.79. The summed E-state index contributed by atoms with van der Waals surface area (Å²) in [6, 6.07) is 7.95. The molecule has 4 nitrogen and oxygen atoms in total. The molecule has 0 bridgehead atoms. The van der Waals surface area contributed by atoms with E-state index in [2.05, 4.69) is 0 Å². The molecule has 0 aromatic heterocycles. The van der Waals surface area contributed by atoms with E-state index in [9.17, 15) is 22.8 Å². The Morgan fingerprint density at radius 2 is 1.82 bits per heavy atom. The van der Waals surface area contributed by atoms with Crippen LogP contribution in [0.1, 0.15) is 28.4 Å². The number of carboxylic acids is 1. The number of alkyl halides is 3. The standard InChI is InChI=1S/C12H10Cl2O4.C7H5F3/c1-5-2-6-3-7(18-4-8(15)16)10(13)11(14)9(6)12(5)17;8-7(9,10)6-4-2-1-3-5-6/h3,5H,2,4H2,1H3,(H,15,16);1-5H. The van der Waals surface area contributed by atoms with Gasteiger partial charge in [0.2, 0.25) is 0 Å². The number of carbonyl (C=O) groups excluding carboxylic acids is 1. The van der Waals surface area contributed by atoms with Gasteiger partial charge >= 0.3 is 12.1 Å². The molecule has 150 valence electrons. The van der Waals surface area contributed by atoms with Gasteiger partial charge in [0, 0.05) is 11.5 Å². The second-order valence-corrected chi connectivity index (χ2v) is 6.81. The second kappa shape index (κ2) is 8.84. The molecule has 9 heteroatoms. The van der Waals surface area contributed by atoms with E-state index in [4.69, 9.17) is 33.0 Å². The van der Waals surface area contributed by atoms with Gasteiger partial charge in [-0.3, -0.25) is 4.79 Å². The maximum absolute atomic E-state index is 11.9. The van der Waals surface area contributed by atoms with Crippen LogP contribution in [0.3, 0.4) is 0 Å². The first-order chi connectivity index (χ1) is 13.0. The molecule has 1 atom stereocenters. The summed E-state index contributed by atoms with van der Waals surface area (Å²) in [5.41, 5.74) is 0.578. The predicted molar refractivity (Wildman–Crippen MR) is 98.2 cm³/mol. The Labute approximate surface area is 168 Å². The monoisotopic (exact) mass is 434 g/mol. The van der Waals surface area contributed by atoms with Crippen molar-refractivity contribution in [2.75, 3.05) is 6.61 Å². The number of hydrogen-bond donors (Lipinski definition) is 1. The average Bonchev–Trinajstić information content (AvgIpc) is 2.91. The largest absolute Gasteiger partial charge is 0.480 e. The zero-order valence-corrected chi connectivity index (χ0v) is 16.0. The summed E-state index contributed by atoms with van der Waals surface area (Å²) in [6.07, 6.45) is -3.64. The van der Waals surface area contributed by atoms with Crippen LogP contribution < -0.4 is 4.74 Å². The van der Waals surface area contributed by atoms with Crippen LogP contribution >= 0.6 is 23.2 Å². The molecule has 0 saturated heterocycles. The highest BCUT2D eigenvalue weighted by Gasteiger charge is 2.32. The molecular formula is C19H15Cl2F3O4. The van der Waals surface area contributed by atoms with Crippen LogP contribution in [-0.2, 0) is 17.4 Å². The molecule has 0 heterocycles. The van der Waals surface area contributed by atoms with E-state index in [1.165, 1.54) is 12.1 Å². The molecule has 1 unspecified atom stereocenters. The number of carboxylic acid groups (broad SMARTS) is 1. The number of carbonyl (C=O) groups is 2. The van der Waals surface area contributed by atoms with Crippen molar-refractivity contribution < 1.29 is 32.6 Å². The maximum atomic E-state index is 11.9. The van der Waals surface area contributed by atoms with Crippen molar-refractivity contribution in [3.63, 3.8) is 0 Å². The van der Waals surface area contributed by atoms with Gasteiger partial charge in [0.25, 0.3) is 0 Å². The van der Waals surface area contributed by atoms with Gasteiger partial charge in [0.15, 0.2) is 12.4 Å². The number of benzene rings is 2. The van der Waals surface area contributed by atoms with Gasteiger partial charge in [-0.2, -0.15) is 13.2 Å². The molecule has 0 amide bonds. The molecule has 2 aromatic rings. The lowest BCUT2D eigenvalue weighted by molar-refractivity contribution is -0.139. The highest BCUT2D eigenvalue weighted by molar-refractivity contribution is 6.45. The van der Waals surface area contributed by atoms with Crippen molar-refractivity contribution >= 4 is 35.0 Å². The Morgan fingerprint density at radius 3 is 2.32 bits per heavy atom. The number of ether oxygens (including phenoxy) is 1. The number of fused-ring (bicyclic) bond motifs is 1. The van der Waals surface area contributed by atoms with E-state index in [1.807, 2.05) is 6.92 Å². The zero-order chi connectivity index (χ0) is 21.1. The quantitative estimate of drug-likeness (QED) is 0.688. The smallest absolute Gasteiger partial charge is 0.416 e. The van der Waals surface area contributed by atoms with Gasteiger partial charge < -0.3 is 9.84 Å². The second-order valence-electron chi connectivity index (χ2n) is 6.05. The van der Waals surface area contributed by atoms with Crippen LogP contribution in [0, 0.1) is 5.92 Å². The summed E-state index contributed by atoms with van der Waals surface area (Å²) in [7, 11) is 0. The average molecular weight is 435 g/mol. The van der Waals surface area contributed by atoms with Crippen molar-refractivity contribution in [1.82, 2.24) is 0 Å². The van der Waals surface area contributed by atoms with E-state index in [-0.39, 0.29) is 27.5 Å². The number of aliphatic carboxylic acids is 1. The lowest BCUT2D eigenvalue weighted by Crippen LogP contribution is -2.10. The minimum absolute atomic E-state index is 0.0401. The van der Waals surface area contributed by atoms with Gasteiger partial charge in [-0.15, -0.1) is 0 Å². The molecule has 0 aliphatic heterocycles.